The van der Waals surface area contributed by atoms with Gasteiger partial charge in [0.1, 0.15) is 0 Å². The molecule has 2 heterocycles. The summed E-state index contributed by atoms with van der Waals surface area (Å²) in [5.41, 5.74) is 7.86. The van der Waals surface area contributed by atoms with Crippen LogP contribution in [-0.2, 0) is 11.3 Å². The third kappa shape index (κ3) is 2.03. The Hall–Kier alpha value is -1.13. The van der Waals surface area contributed by atoms with Gasteiger partial charge in [-0.3, -0.25) is 4.98 Å². The van der Waals surface area contributed by atoms with Gasteiger partial charge in [-0.2, -0.15) is 0 Å². The average Bonchev–Trinajstić information content (AvgIpc) is 2.87. The number of hydrogen-bond acceptors (Lipinski definition) is 4. The molecule has 0 amide bonds. The van der Waals surface area contributed by atoms with Gasteiger partial charge in [-0.15, -0.1) is 0 Å². The van der Waals surface area contributed by atoms with Gasteiger partial charge in [-0.1, -0.05) is 0 Å². The van der Waals surface area contributed by atoms with Crippen LogP contribution in [0.1, 0.15) is 25.0 Å². The topological polar surface area (TPSA) is 51.4 Å². The van der Waals surface area contributed by atoms with Gasteiger partial charge in [0.15, 0.2) is 0 Å². The first-order chi connectivity index (χ1) is 8.38. The molecule has 1 saturated heterocycles. The summed E-state index contributed by atoms with van der Waals surface area (Å²) >= 11 is 0. The zero-order valence-corrected chi connectivity index (χ0v) is 10.0. The van der Waals surface area contributed by atoms with Gasteiger partial charge in [0.05, 0.1) is 24.4 Å². The first kappa shape index (κ1) is 11.0. The van der Waals surface area contributed by atoms with Crippen LogP contribution in [0.3, 0.4) is 0 Å². The molecule has 1 saturated carbocycles. The van der Waals surface area contributed by atoms with E-state index >= 15 is 0 Å². The summed E-state index contributed by atoms with van der Waals surface area (Å²) < 4.78 is 5.83. The second-order valence-electron chi connectivity index (χ2n) is 4.81. The van der Waals surface area contributed by atoms with Crippen molar-refractivity contribution >= 4 is 5.69 Å². The van der Waals surface area contributed by atoms with Crippen LogP contribution in [0.4, 0.5) is 5.69 Å². The van der Waals surface area contributed by atoms with Crippen LogP contribution in [0.2, 0.25) is 0 Å². The molecule has 1 aliphatic carbocycles. The second kappa shape index (κ2) is 4.63. The molecule has 2 atom stereocenters. The maximum absolute atomic E-state index is 5.83. The lowest BCUT2D eigenvalue weighted by molar-refractivity contribution is 0.0256. The molecule has 2 fully saturated rings. The Bertz CT molecular complexity index is 396. The summed E-state index contributed by atoms with van der Waals surface area (Å²) in [6.45, 7) is 2.32. The highest BCUT2D eigenvalue weighted by Crippen LogP contribution is 2.32. The molecule has 2 N–H and O–H groups in total. The Balaban J connectivity index is 1.86. The standard InChI is InChI=1S/C13H19N3O/c14-9-10-8-11(4-5-15-10)16-6-7-17-13-3-1-2-12(13)16/h4-5,8,12-13H,1-3,6-7,9,14H2. The van der Waals surface area contributed by atoms with Crippen molar-refractivity contribution in [2.45, 2.75) is 38.0 Å². The number of ether oxygens (including phenoxy) is 1. The van der Waals surface area contributed by atoms with Crippen molar-refractivity contribution in [3.63, 3.8) is 0 Å². The minimum Gasteiger partial charge on any atom is -0.374 e. The van der Waals surface area contributed by atoms with E-state index in [4.69, 9.17) is 10.5 Å². The molecule has 1 aromatic rings. The first-order valence-electron chi connectivity index (χ1n) is 6.42. The van der Waals surface area contributed by atoms with Gasteiger partial charge in [0, 0.05) is 25.0 Å². The lowest BCUT2D eigenvalue weighted by Gasteiger charge is -2.39. The molecule has 0 spiro atoms. The fourth-order valence-electron chi connectivity index (χ4n) is 3.00. The molecule has 3 rings (SSSR count). The molecule has 92 valence electrons. The highest BCUT2D eigenvalue weighted by Gasteiger charge is 2.36. The summed E-state index contributed by atoms with van der Waals surface area (Å²) in [6.07, 6.45) is 6.01. The van der Waals surface area contributed by atoms with Crippen LogP contribution in [0, 0.1) is 0 Å². The number of rotatable bonds is 2. The summed E-state index contributed by atoms with van der Waals surface area (Å²) in [4.78, 5) is 6.73. The number of nitrogens with two attached hydrogens (primary N) is 1. The van der Waals surface area contributed by atoms with E-state index in [1.807, 2.05) is 6.20 Å². The Morgan fingerprint density at radius 1 is 1.47 bits per heavy atom. The van der Waals surface area contributed by atoms with Crippen molar-refractivity contribution in [1.29, 1.82) is 0 Å². The third-order valence-corrected chi connectivity index (χ3v) is 3.82. The maximum atomic E-state index is 5.83. The minimum absolute atomic E-state index is 0.429. The number of hydrogen-bond donors (Lipinski definition) is 1. The lowest BCUT2D eigenvalue weighted by atomic mass is 10.1. The molecule has 2 unspecified atom stereocenters. The third-order valence-electron chi connectivity index (χ3n) is 3.82. The van der Waals surface area contributed by atoms with Crippen LogP contribution in [0.15, 0.2) is 18.3 Å². The Morgan fingerprint density at radius 3 is 3.29 bits per heavy atom. The van der Waals surface area contributed by atoms with Crippen LogP contribution >= 0.6 is 0 Å². The molecular formula is C13H19N3O. The number of anilines is 1. The van der Waals surface area contributed by atoms with Gasteiger partial charge in [-0.05, 0) is 31.4 Å². The van der Waals surface area contributed by atoms with E-state index in [1.54, 1.807) is 0 Å². The predicted octanol–water partition coefficient (Wildman–Crippen LogP) is 1.30. The fraction of sp³-hybridized carbons (Fsp3) is 0.615. The average molecular weight is 233 g/mol. The number of nitrogens with zero attached hydrogens (tertiary/aromatic N) is 2. The molecular weight excluding hydrogens is 214 g/mol. The molecule has 0 bridgehead atoms. The van der Waals surface area contributed by atoms with E-state index in [0.717, 1.165) is 18.8 Å². The van der Waals surface area contributed by atoms with Crippen molar-refractivity contribution < 1.29 is 4.74 Å². The van der Waals surface area contributed by atoms with E-state index in [0.29, 0.717) is 18.7 Å². The molecule has 1 aliphatic heterocycles. The summed E-state index contributed by atoms with van der Waals surface area (Å²) in [5, 5.41) is 0. The van der Waals surface area contributed by atoms with Crippen molar-refractivity contribution in [1.82, 2.24) is 4.98 Å². The van der Waals surface area contributed by atoms with Crippen LogP contribution in [0.25, 0.3) is 0 Å². The smallest absolute Gasteiger partial charge is 0.0779 e. The monoisotopic (exact) mass is 233 g/mol. The number of aromatic nitrogens is 1. The van der Waals surface area contributed by atoms with Gasteiger partial charge in [-0.25, -0.2) is 0 Å². The number of fused-ring (bicyclic) bond motifs is 1. The zero-order valence-electron chi connectivity index (χ0n) is 10.0. The summed E-state index contributed by atoms with van der Waals surface area (Å²) in [5.74, 6) is 0. The molecule has 0 radical (unpaired) electrons. The van der Waals surface area contributed by atoms with E-state index in [9.17, 15) is 0 Å². The van der Waals surface area contributed by atoms with E-state index in [2.05, 4.69) is 22.0 Å². The zero-order chi connectivity index (χ0) is 11.7. The van der Waals surface area contributed by atoms with Crippen molar-refractivity contribution in [3.05, 3.63) is 24.0 Å². The molecule has 17 heavy (non-hydrogen) atoms. The Morgan fingerprint density at radius 2 is 2.41 bits per heavy atom. The Labute approximate surface area is 102 Å². The molecule has 1 aromatic heterocycles. The van der Waals surface area contributed by atoms with Gasteiger partial charge in [0.25, 0.3) is 0 Å². The molecule has 4 nitrogen and oxygen atoms in total. The molecule has 4 heteroatoms. The van der Waals surface area contributed by atoms with Crippen LogP contribution in [-0.4, -0.2) is 30.3 Å². The van der Waals surface area contributed by atoms with Crippen LogP contribution in [0.5, 0.6) is 0 Å². The number of morpholine rings is 1. The predicted molar refractivity (Wildman–Crippen MR) is 66.9 cm³/mol. The summed E-state index contributed by atoms with van der Waals surface area (Å²) in [7, 11) is 0. The maximum Gasteiger partial charge on any atom is 0.0779 e. The SMILES string of the molecule is NCc1cc(N2CCOC3CCCC32)ccn1. The normalized spacial score (nSPS) is 28.2. The Kier molecular flexibility index (Phi) is 2.99. The molecule has 2 aliphatic rings. The lowest BCUT2D eigenvalue weighted by Crippen LogP contribution is -2.48. The van der Waals surface area contributed by atoms with E-state index in [-0.39, 0.29) is 0 Å². The second-order valence-corrected chi connectivity index (χ2v) is 4.81. The quantitative estimate of drug-likeness (QED) is 0.836. The van der Waals surface area contributed by atoms with E-state index < -0.39 is 0 Å². The van der Waals surface area contributed by atoms with Crippen molar-refractivity contribution in [3.8, 4) is 0 Å². The van der Waals surface area contributed by atoms with Crippen molar-refractivity contribution in [2.75, 3.05) is 18.1 Å². The minimum atomic E-state index is 0.429. The van der Waals surface area contributed by atoms with Gasteiger partial charge < -0.3 is 15.4 Å². The van der Waals surface area contributed by atoms with Gasteiger partial charge in [0.2, 0.25) is 0 Å². The fourth-order valence-corrected chi connectivity index (χ4v) is 3.00. The van der Waals surface area contributed by atoms with E-state index in [1.165, 1.54) is 24.9 Å². The number of pyridine rings is 1. The summed E-state index contributed by atoms with van der Waals surface area (Å²) in [6, 6.07) is 4.75. The highest BCUT2D eigenvalue weighted by atomic mass is 16.5. The van der Waals surface area contributed by atoms with Gasteiger partial charge >= 0.3 is 0 Å². The highest BCUT2D eigenvalue weighted by molar-refractivity contribution is 5.48. The van der Waals surface area contributed by atoms with Crippen LogP contribution < -0.4 is 10.6 Å². The largest absolute Gasteiger partial charge is 0.374 e. The first-order valence-corrected chi connectivity index (χ1v) is 6.42. The molecule has 0 aromatic carbocycles. The van der Waals surface area contributed by atoms with Crippen molar-refractivity contribution in [2.24, 2.45) is 5.73 Å².